The van der Waals surface area contributed by atoms with E-state index in [0.717, 1.165) is 18.9 Å². The molecule has 1 aliphatic rings. The molecular formula is C14H19NO3. The minimum absolute atomic E-state index is 0.125. The van der Waals surface area contributed by atoms with Gasteiger partial charge in [0.2, 0.25) is 0 Å². The molecule has 0 amide bonds. The van der Waals surface area contributed by atoms with Gasteiger partial charge in [0.15, 0.2) is 5.78 Å². The third-order valence-corrected chi connectivity index (χ3v) is 2.90. The van der Waals surface area contributed by atoms with Crippen LogP contribution in [0.4, 0.5) is 0 Å². The van der Waals surface area contributed by atoms with Crippen molar-refractivity contribution in [2.45, 2.75) is 19.4 Å². The van der Waals surface area contributed by atoms with Gasteiger partial charge in [0.25, 0.3) is 0 Å². The Hall–Kier alpha value is -1.39. The lowest BCUT2D eigenvalue weighted by atomic mass is 10.0. The molecule has 0 bridgehead atoms. The molecule has 1 aromatic carbocycles. The van der Waals surface area contributed by atoms with Gasteiger partial charge in [0, 0.05) is 24.6 Å². The first kappa shape index (κ1) is 13.1. The van der Waals surface area contributed by atoms with Crippen LogP contribution in [0, 0.1) is 0 Å². The first-order valence-corrected chi connectivity index (χ1v) is 6.37. The molecule has 1 unspecified atom stereocenters. The van der Waals surface area contributed by atoms with Crippen LogP contribution in [0.3, 0.4) is 0 Å². The second-order valence-corrected chi connectivity index (χ2v) is 4.31. The normalized spacial score (nSPS) is 19.5. The van der Waals surface area contributed by atoms with Gasteiger partial charge in [-0.15, -0.1) is 0 Å². The van der Waals surface area contributed by atoms with Crippen LogP contribution in [0.5, 0.6) is 5.75 Å². The Kier molecular flexibility index (Phi) is 4.73. The average molecular weight is 249 g/mol. The van der Waals surface area contributed by atoms with Crippen LogP contribution < -0.4 is 10.1 Å². The number of benzene rings is 1. The third kappa shape index (κ3) is 3.55. The number of ketones is 1. The lowest BCUT2D eigenvalue weighted by molar-refractivity contribution is 0.0676. The topological polar surface area (TPSA) is 47.6 Å². The molecule has 0 radical (unpaired) electrons. The number of carbonyl (C=O) groups excluding carboxylic acids is 1. The minimum Gasteiger partial charge on any atom is -0.494 e. The van der Waals surface area contributed by atoms with E-state index in [1.54, 1.807) is 6.07 Å². The number of hydrogen-bond donors (Lipinski definition) is 1. The molecule has 0 saturated carbocycles. The highest BCUT2D eigenvalue weighted by Gasteiger charge is 2.18. The zero-order chi connectivity index (χ0) is 12.8. The van der Waals surface area contributed by atoms with Gasteiger partial charge in [-0.2, -0.15) is 0 Å². The maximum Gasteiger partial charge on any atom is 0.164 e. The SMILES string of the molecule is CCOc1cccc(C(=O)CC2COCCN2)c1. The lowest BCUT2D eigenvalue weighted by Crippen LogP contribution is -2.42. The van der Waals surface area contributed by atoms with Gasteiger partial charge in [0.1, 0.15) is 5.75 Å². The van der Waals surface area contributed by atoms with Crippen LogP contribution in [-0.2, 0) is 4.74 Å². The van der Waals surface area contributed by atoms with E-state index in [1.807, 2.05) is 25.1 Å². The maximum absolute atomic E-state index is 12.1. The Morgan fingerprint density at radius 1 is 1.56 bits per heavy atom. The summed E-state index contributed by atoms with van der Waals surface area (Å²) in [5, 5.41) is 3.28. The van der Waals surface area contributed by atoms with E-state index in [4.69, 9.17) is 9.47 Å². The molecule has 98 valence electrons. The van der Waals surface area contributed by atoms with E-state index in [1.165, 1.54) is 0 Å². The molecule has 18 heavy (non-hydrogen) atoms. The quantitative estimate of drug-likeness (QED) is 0.806. The van der Waals surface area contributed by atoms with Crippen molar-refractivity contribution in [3.05, 3.63) is 29.8 Å². The van der Waals surface area contributed by atoms with Crippen molar-refractivity contribution >= 4 is 5.78 Å². The summed E-state index contributed by atoms with van der Waals surface area (Å²) in [6.45, 7) is 4.69. The molecule has 1 saturated heterocycles. The van der Waals surface area contributed by atoms with E-state index in [2.05, 4.69) is 5.32 Å². The zero-order valence-corrected chi connectivity index (χ0v) is 10.6. The summed E-state index contributed by atoms with van der Waals surface area (Å²) in [6, 6.07) is 7.47. The fourth-order valence-corrected chi connectivity index (χ4v) is 2.02. The number of ether oxygens (including phenoxy) is 2. The average Bonchev–Trinajstić information content (AvgIpc) is 2.40. The molecule has 4 heteroatoms. The lowest BCUT2D eigenvalue weighted by Gasteiger charge is -2.23. The van der Waals surface area contributed by atoms with Crippen LogP contribution in [0.25, 0.3) is 0 Å². The molecule has 1 fully saturated rings. The first-order chi connectivity index (χ1) is 8.79. The molecule has 0 spiro atoms. The van der Waals surface area contributed by atoms with Gasteiger partial charge >= 0.3 is 0 Å². The Bertz CT molecular complexity index is 400. The number of rotatable bonds is 5. The predicted molar refractivity (Wildman–Crippen MR) is 69.2 cm³/mol. The Morgan fingerprint density at radius 3 is 3.17 bits per heavy atom. The van der Waals surface area contributed by atoms with Crippen molar-refractivity contribution < 1.29 is 14.3 Å². The van der Waals surface area contributed by atoms with Gasteiger partial charge in [0.05, 0.1) is 19.8 Å². The van der Waals surface area contributed by atoms with Crippen molar-refractivity contribution in [3.8, 4) is 5.75 Å². The molecule has 0 aliphatic carbocycles. The van der Waals surface area contributed by atoms with E-state index in [9.17, 15) is 4.79 Å². The summed E-state index contributed by atoms with van der Waals surface area (Å²) in [6.07, 6.45) is 0.468. The summed E-state index contributed by atoms with van der Waals surface area (Å²) >= 11 is 0. The smallest absolute Gasteiger partial charge is 0.164 e. The Balaban J connectivity index is 1.96. The number of hydrogen-bond acceptors (Lipinski definition) is 4. The van der Waals surface area contributed by atoms with Crippen molar-refractivity contribution in [2.75, 3.05) is 26.4 Å². The second-order valence-electron chi connectivity index (χ2n) is 4.31. The van der Waals surface area contributed by atoms with Gasteiger partial charge in [-0.05, 0) is 19.1 Å². The number of carbonyl (C=O) groups is 1. The molecule has 1 atom stereocenters. The fourth-order valence-electron chi connectivity index (χ4n) is 2.02. The van der Waals surface area contributed by atoms with Gasteiger partial charge in [-0.3, -0.25) is 4.79 Å². The fraction of sp³-hybridized carbons (Fsp3) is 0.500. The molecule has 1 aromatic rings. The van der Waals surface area contributed by atoms with Crippen molar-refractivity contribution in [3.63, 3.8) is 0 Å². The zero-order valence-electron chi connectivity index (χ0n) is 10.6. The highest BCUT2D eigenvalue weighted by atomic mass is 16.5. The monoisotopic (exact) mass is 249 g/mol. The summed E-state index contributed by atoms with van der Waals surface area (Å²) < 4.78 is 10.7. The highest BCUT2D eigenvalue weighted by molar-refractivity contribution is 5.96. The van der Waals surface area contributed by atoms with Gasteiger partial charge in [-0.1, -0.05) is 12.1 Å². The molecule has 0 aromatic heterocycles. The number of nitrogens with one attached hydrogen (secondary N) is 1. The minimum atomic E-state index is 0.125. The van der Waals surface area contributed by atoms with Crippen LogP contribution in [-0.4, -0.2) is 38.2 Å². The third-order valence-electron chi connectivity index (χ3n) is 2.90. The van der Waals surface area contributed by atoms with Crippen molar-refractivity contribution in [2.24, 2.45) is 0 Å². The van der Waals surface area contributed by atoms with E-state index < -0.39 is 0 Å². The molecule has 4 nitrogen and oxygen atoms in total. The van der Waals surface area contributed by atoms with Crippen LogP contribution in [0.2, 0.25) is 0 Å². The molecule has 1 aliphatic heterocycles. The molecule has 2 rings (SSSR count). The van der Waals surface area contributed by atoms with Gasteiger partial charge in [-0.25, -0.2) is 0 Å². The molecular weight excluding hydrogens is 230 g/mol. The number of morpholine rings is 1. The van der Waals surface area contributed by atoms with Crippen molar-refractivity contribution in [1.29, 1.82) is 0 Å². The Morgan fingerprint density at radius 2 is 2.44 bits per heavy atom. The predicted octanol–water partition coefficient (Wildman–Crippen LogP) is 1.65. The Labute approximate surface area is 107 Å². The summed E-state index contributed by atoms with van der Waals surface area (Å²) in [7, 11) is 0. The first-order valence-electron chi connectivity index (χ1n) is 6.37. The summed E-state index contributed by atoms with van der Waals surface area (Å²) in [5.41, 5.74) is 0.702. The van der Waals surface area contributed by atoms with E-state index in [-0.39, 0.29) is 11.8 Å². The van der Waals surface area contributed by atoms with Crippen LogP contribution in [0.1, 0.15) is 23.7 Å². The van der Waals surface area contributed by atoms with Crippen LogP contribution in [0.15, 0.2) is 24.3 Å². The summed E-state index contributed by atoms with van der Waals surface area (Å²) in [5.74, 6) is 0.871. The molecule has 1 heterocycles. The highest BCUT2D eigenvalue weighted by Crippen LogP contribution is 2.15. The van der Waals surface area contributed by atoms with Gasteiger partial charge < -0.3 is 14.8 Å². The van der Waals surface area contributed by atoms with E-state index >= 15 is 0 Å². The molecule has 1 N–H and O–H groups in total. The second kappa shape index (κ2) is 6.52. The standard InChI is InChI=1S/C14H19NO3/c1-2-18-13-5-3-4-11(8-13)14(16)9-12-10-17-7-6-15-12/h3-5,8,12,15H,2,6-7,9-10H2,1H3. The maximum atomic E-state index is 12.1. The number of Topliss-reactive ketones (excluding diaryl/α,β-unsaturated/α-hetero) is 1. The van der Waals surface area contributed by atoms with Crippen LogP contribution >= 0.6 is 0 Å². The van der Waals surface area contributed by atoms with E-state index in [0.29, 0.717) is 25.2 Å². The summed E-state index contributed by atoms with van der Waals surface area (Å²) in [4.78, 5) is 12.1. The largest absolute Gasteiger partial charge is 0.494 e. The van der Waals surface area contributed by atoms with Crippen molar-refractivity contribution in [1.82, 2.24) is 5.32 Å².